The average molecular weight is 311 g/mol. The summed E-state index contributed by atoms with van der Waals surface area (Å²) in [6.07, 6.45) is 0. The fraction of sp³-hybridized carbons (Fsp3) is 0.636. The van der Waals surface area contributed by atoms with E-state index in [1.807, 2.05) is 18.7 Å². The molecule has 0 atom stereocenters. The van der Waals surface area contributed by atoms with Crippen molar-refractivity contribution in [1.82, 2.24) is 9.97 Å². The van der Waals surface area contributed by atoms with Crippen LogP contribution in [0.25, 0.3) is 0 Å². The summed E-state index contributed by atoms with van der Waals surface area (Å²) in [6, 6.07) is 1.39. The van der Waals surface area contributed by atoms with E-state index in [0.717, 1.165) is 0 Å². The van der Waals surface area contributed by atoms with Gasteiger partial charge in [0.25, 0.3) is 0 Å². The molecule has 0 saturated heterocycles. The minimum Gasteiger partial charge on any atom is -0.405 e. The van der Waals surface area contributed by atoms with Gasteiger partial charge in [-0.2, -0.15) is 4.98 Å². The molecule has 19 heavy (non-hydrogen) atoms. The van der Waals surface area contributed by atoms with Gasteiger partial charge in [0.1, 0.15) is 0 Å². The van der Waals surface area contributed by atoms with Gasteiger partial charge in [-0.1, -0.05) is 0 Å². The zero-order valence-corrected chi connectivity index (χ0v) is 12.6. The number of hydrogen-bond acceptors (Lipinski definition) is 7. The molecule has 6 nitrogen and oxygen atoms in total. The molecule has 0 aliphatic rings. The topological polar surface area (TPSA) is 56.7 Å². The van der Waals surface area contributed by atoms with E-state index >= 15 is 0 Å². The first kappa shape index (κ1) is 9.23. The first-order chi connectivity index (χ1) is 11.3. The molecule has 0 fully saturated rings. The summed E-state index contributed by atoms with van der Waals surface area (Å²) in [5, 5.41) is 0. The van der Waals surface area contributed by atoms with E-state index in [2.05, 4.69) is 19.0 Å². The highest BCUT2D eigenvalue weighted by Gasteiger charge is 2.20. The van der Waals surface area contributed by atoms with Gasteiger partial charge < -0.3 is 18.5 Å². The molecule has 0 bridgehead atoms. The van der Waals surface area contributed by atoms with Crippen molar-refractivity contribution in [2.45, 2.75) is 20.8 Å². The molecule has 0 aliphatic carbocycles. The summed E-state index contributed by atoms with van der Waals surface area (Å²) >= 11 is 4.94. The van der Waals surface area contributed by atoms with E-state index < -0.39 is 20.8 Å². The quantitative estimate of drug-likeness (QED) is 0.717. The maximum Gasteiger partial charge on any atom is 0.381 e. The Hall–Kier alpha value is -0.750. The molecule has 0 unspecified atom stereocenters. The van der Waals surface area contributed by atoms with Crippen LogP contribution in [-0.2, 0) is 20.9 Å². The van der Waals surface area contributed by atoms with Crippen LogP contribution in [0.4, 0.5) is 5.95 Å². The highest BCUT2D eigenvalue weighted by molar-refractivity contribution is 8.07. The van der Waals surface area contributed by atoms with Gasteiger partial charge in [0.2, 0.25) is 11.8 Å². The predicted octanol–water partition coefficient (Wildman–Crippen LogP) is 2.53. The zero-order chi connectivity index (χ0) is 19.5. The van der Waals surface area contributed by atoms with Gasteiger partial charge >= 0.3 is 6.72 Å². The summed E-state index contributed by atoms with van der Waals surface area (Å²) in [7, 11) is -5.99. The molecule has 0 saturated carbocycles. The molecule has 0 aliphatic heterocycles. The normalized spacial score (nSPS) is 17.4. The molecular formula is C11H20N3O3PS. The molecule has 1 heterocycles. The van der Waals surface area contributed by atoms with Gasteiger partial charge in [0.05, 0.1) is 8.22 Å². The van der Waals surface area contributed by atoms with Gasteiger partial charge in [-0.25, -0.2) is 4.98 Å². The van der Waals surface area contributed by atoms with Crippen LogP contribution in [0.5, 0.6) is 5.88 Å². The number of anilines is 1. The van der Waals surface area contributed by atoms with Crippen molar-refractivity contribution in [2.24, 2.45) is 0 Å². The Morgan fingerprint density at radius 3 is 2.47 bits per heavy atom. The average Bonchev–Trinajstić information content (AvgIpc) is 2.33. The minimum absolute atomic E-state index is 0.119. The number of rotatable bonds is 7. The number of aryl methyl sites for hydroxylation is 1. The van der Waals surface area contributed by atoms with E-state index in [9.17, 15) is 0 Å². The maximum absolute atomic E-state index is 7.16. The van der Waals surface area contributed by atoms with Crippen molar-refractivity contribution in [2.75, 3.05) is 32.1 Å². The lowest BCUT2D eigenvalue weighted by Crippen LogP contribution is -2.24. The fourth-order valence-corrected chi connectivity index (χ4v) is 2.05. The summed E-state index contributed by atoms with van der Waals surface area (Å²) in [6.45, 7) is 2.59. The molecule has 1 aromatic heterocycles. The largest absolute Gasteiger partial charge is 0.405 e. The van der Waals surface area contributed by atoms with Crippen molar-refractivity contribution < 1.29 is 21.8 Å². The number of aromatic nitrogens is 2. The second-order valence-electron chi connectivity index (χ2n) is 3.54. The minimum atomic E-state index is -4.17. The molecule has 1 rings (SSSR count). The van der Waals surface area contributed by atoms with Crippen molar-refractivity contribution in [3.63, 3.8) is 0 Å². The monoisotopic (exact) mass is 311 g/mol. The third kappa shape index (κ3) is 4.38. The third-order valence-electron chi connectivity index (χ3n) is 2.29. The summed E-state index contributed by atoms with van der Waals surface area (Å²) in [5.41, 5.74) is 0.524. The Balaban J connectivity index is 3.22. The van der Waals surface area contributed by atoms with Crippen LogP contribution in [0.2, 0.25) is 0 Å². The van der Waals surface area contributed by atoms with E-state index in [0.29, 0.717) is 24.7 Å². The lowest BCUT2D eigenvalue weighted by atomic mass is 10.4. The highest BCUT2D eigenvalue weighted by atomic mass is 32.5. The van der Waals surface area contributed by atoms with E-state index in [-0.39, 0.29) is 5.88 Å². The zero-order valence-electron chi connectivity index (χ0n) is 16.9. The van der Waals surface area contributed by atoms with Gasteiger partial charge in [-0.3, -0.25) is 0 Å². The third-order valence-corrected chi connectivity index (χ3v) is 3.82. The Morgan fingerprint density at radius 1 is 1.32 bits per heavy atom. The molecule has 0 spiro atoms. The molecule has 0 N–H and O–H groups in total. The lowest BCUT2D eigenvalue weighted by molar-refractivity contribution is 0.270. The van der Waals surface area contributed by atoms with Crippen LogP contribution in [0.15, 0.2) is 6.07 Å². The number of hydrogen-bond donors (Lipinski definition) is 0. The van der Waals surface area contributed by atoms with Crippen molar-refractivity contribution in [3.8, 4) is 5.88 Å². The van der Waals surface area contributed by atoms with Crippen LogP contribution >= 0.6 is 6.72 Å². The fourth-order valence-electron chi connectivity index (χ4n) is 1.39. The molecule has 0 amide bonds. The van der Waals surface area contributed by atoms with Crippen LogP contribution in [-0.4, -0.2) is 37.1 Å². The summed E-state index contributed by atoms with van der Waals surface area (Å²) in [4.78, 5) is 10.2. The van der Waals surface area contributed by atoms with E-state index in [1.165, 1.54) is 6.07 Å². The molecule has 0 aromatic carbocycles. The molecule has 8 heteroatoms. The molecular weight excluding hydrogens is 285 g/mol. The van der Waals surface area contributed by atoms with Crippen molar-refractivity contribution in [3.05, 3.63) is 11.8 Å². The first-order valence-corrected chi connectivity index (χ1v) is 8.14. The Labute approximate surface area is 127 Å². The van der Waals surface area contributed by atoms with Gasteiger partial charge in [-0.15, -0.1) is 0 Å². The van der Waals surface area contributed by atoms with E-state index in [1.54, 1.807) is 6.92 Å². The molecule has 108 valence electrons. The van der Waals surface area contributed by atoms with Gasteiger partial charge in [0.15, 0.2) is 0 Å². The van der Waals surface area contributed by atoms with Gasteiger partial charge in [0, 0.05) is 50.7 Å². The Kier molecular flexibility index (Phi) is 3.47. The van der Waals surface area contributed by atoms with Crippen molar-refractivity contribution >= 4 is 24.5 Å². The smallest absolute Gasteiger partial charge is 0.381 e. The van der Waals surface area contributed by atoms with Crippen LogP contribution in [0.3, 0.4) is 0 Å². The standard InChI is InChI=1S/C11H20N3O3PS/c1-6-14(7-2)11-12-9(3)8-10(13-11)17-18(19,15-4)16-5/h8H,6-7H2,1-5H3/i4D3,5D3. The maximum atomic E-state index is 7.16. The highest BCUT2D eigenvalue weighted by Crippen LogP contribution is 2.47. The molecule has 1 aromatic rings. The SMILES string of the molecule is [2H]C([2H])([2H])OP(=S)(Oc1cc(C)nc(N(CC)CC)n1)OC([2H])([2H])[2H]. The number of nitrogens with zero attached hydrogens (tertiary/aromatic N) is 3. The van der Waals surface area contributed by atoms with Crippen LogP contribution in [0, 0.1) is 6.92 Å². The van der Waals surface area contributed by atoms with Gasteiger partial charge in [-0.05, 0) is 20.8 Å². The second-order valence-corrected chi connectivity index (χ2v) is 6.32. The van der Waals surface area contributed by atoms with Crippen LogP contribution in [0.1, 0.15) is 27.8 Å². The molecule has 0 radical (unpaired) electrons. The lowest BCUT2D eigenvalue weighted by Gasteiger charge is -2.21. The summed E-state index contributed by atoms with van der Waals surface area (Å²) in [5.74, 6) is 0.218. The van der Waals surface area contributed by atoms with E-state index in [4.69, 9.17) is 24.6 Å². The Bertz CT molecular complexity index is 618. The van der Waals surface area contributed by atoms with Crippen molar-refractivity contribution in [1.29, 1.82) is 0 Å². The first-order valence-electron chi connectivity index (χ1n) is 8.58. The van der Waals surface area contributed by atoms with Crippen LogP contribution < -0.4 is 9.42 Å². The summed E-state index contributed by atoms with van der Waals surface area (Å²) < 4.78 is 57.6. The second kappa shape index (κ2) is 7.14. The Morgan fingerprint density at radius 2 is 1.95 bits per heavy atom. The predicted molar refractivity (Wildman–Crippen MR) is 79.3 cm³/mol.